The molecule has 2 aromatic heterocycles. The molecule has 62 heavy (non-hydrogen) atoms. The van der Waals surface area contributed by atoms with E-state index in [2.05, 4.69) is 142 Å². The molecule has 0 saturated heterocycles. The van der Waals surface area contributed by atoms with E-state index in [1.807, 2.05) is 64.1 Å². The van der Waals surface area contributed by atoms with Crippen molar-refractivity contribution in [2.45, 2.75) is 122 Å². The van der Waals surface area contributed by atoms with Gasteiger partial charge in [0.1, 0.15) is 0 Å². The zero-order valence-corrected chi connectivity index (χ0v) is 38.8. The fourth-order valence-electron chi connectivity index (χ4n) is 7.58. The summed E-state index contributed by atoms with van der Waals surface area (Å²) in [5.74, 6) is 0. The van der Waals surface area contributed by atoms with Gasteiger partial charge in [-0.1, -0.05) is 110 Å². The largest absolute Gasteiger partial charge is 0.252 e. The van der Waals surface area contributed by atoms with Crippen LogP contribution in [0.1, 0.15) is 144 Å². The number of aryl methyl sites for hydroxylation is 4. The molecule has 6 rings (SSSR count). The molecule has 320 valence electrons. The Labute approximate surface area is 372 Å². The van der Waals surface area contributed by atoms with E-state index in [0.29, 0.717) is 0 Å². The van der Waals surface area contributed by atoms with Gasteiger partial charge in [0.05, 0.1) is 68.4 Å². The Morgan fingerprint density at radius 2 is 0.694 bits per heavy atom. The van der Waals surface area contributed by atoms with E-state index in [4.69, 9.17) is 29.9 Å². The van der Waals surface area contributed by atoms with Gasteiger partial charge in [-0.25, -0.2) is 9.97 Å². The first kappa shape index (κ1) is 46.9. The summed E-state index contributed by atoms with van der Waals surface area (Å²) in [4.78, 5) is 29.9. The maximum Gasteiger partial charge on any atom is 0.0849 e. The van der Waals surface area contributed by atoms with Crippen LogP contribution in [0.25, 0.3) is 0 Å². The van der Waals surface area contributed by atoms with Crippen LogP contribution in [0.2, 0.25) is 0 Å². The summed E-state index contributed by atoms with van der Waals surface area (Å²) in [6.07, 6.45) is 0.817. The average molecular weight is 823 g/mol. The molecule has 0 amide bonds. The lowest BCUT2D eigenvalue weighted by Gasteiger charge is -2.18. The first-order valence-electron chi connectivity index (χ1n) is 21.3. The third kappa shape index (κ3) is 11.6. The van der Waals surface area contributed by atoms with Crippen LogP contribution in [-0.2, 0) is 17.3 Å². The summed E-state index contributed by atoms with van der Waals surface area (Å²) < 4.78 is 0. The van der Waals surface area contributed by atoms with Gasteiger partial charge in [-0.05, 0) is 166 Å². The summed E-state index contributed by atoms with van der Waals surface area (Å²) in [5, 5.41) is 0. The maximum atomic E-state index is 5.12. The molecular formula is C56H66N6. The Morgan fingerprint density at radius 3 is 0.968 bits per heavy atom. The second-order valence-corrected chi connectivity index (χ2v) is 18.5. The standard InChI is InChI=1S/C55H62N6.CH4/c1-34-29-42(30-35(2)52(34)58-40(7)50-19-15-17-48(60-50)38(5)56-46-25-21-44(22-26-46)54(9,10)11)33-43-31-36(3)53(37(4)32-43)59-41(8)51-20-16-18-49(61-51)39(6)57-47-27-23-45(24-28-47)55(12,13)14;/h15-32H,33H2,1-14H3;1H4. The lowest BCUT2D eigenvalue weighted by Crippen LogP contribution is -2.10. The predicted molar refractivity (Wildman–Crippen MR) is 268 cm³/mol. The van der Waals surface area contributed by atoms with Crippen molar-refractivity contribution in [2.24, 2.45) is 20.0 Å². The van der Waals surface area contributed by atoms with Gasteiger partial charge in [0.15, 0.2) is 0 Å². The van der Waals surface area contributed by atoms with Gasteiger partial charge in [-0.3, -0.25) is 20.0 Å². The Balaban J connectivity index is 0.00000726. The zero-order valence-electron chi connectivity index (χ0n) is 38.8. The van der Waals surface area contributed by atoms with Crippen molar-refractivity contribution in [3.63, 3.8) is 0 Å². The molecule has 0 atom stereocenters. The van der Waals surface area contributed by atoms with Crippen LogP contribution in [0.4, 0.5) is 22.7 Å². The Bertz CT molecular complexity index is 2450. The number of benzene rings is 4. The number of aliphatic imine (C=N–C) groups is 4. The molecule has 6 nitrogen and oxygen atoms in total. The molecule has 0 aliphatic heterocycles. The van der Waals surface area contributed by atoms with Crippen LogP contribution in [0, 0.1) is 27.7 Å². The lowest BCUT2D eigenvalue weighted by molar-refractivity contribution is 0.590. The Morgan fingerprint density at radius 1 is 0.419 bits per heavy atom. The summed E-state index contributed by atoms with van der Waals surface area (Å²) in [6.45, 7) is 30.0. The second kappa shape index (κ2) is 19.3. The molecule has 0 N–H and O–H groups in total. The van der Waals surface area contributed by atoms with Crippen LogP contribution in [0.5, 0.6) is 0 Å². The smallest absolute Gasteiger partial charge is 0.0849 e. The van der Waals surface area contributed by atoms with Gasteiger partial charge in [0.2, 0.25) is 0 Å². The van der Waals surface area contributed by atoms with E-state index in [1.165, 1.54) is 22.3 Å². The van der Waals surface area contributed by atoms with Crippen molar-refractivity contribution >= 4 is 45.6 Å². The van der Waals surface area contributed by atoms with Gasteiger partial charge >= 0.3 is 0 Å². The third-order valence-corrected chi connectivity index (χ3v) is 11.1. The highest BCUT2D eigenvalue weighted by Gasteiger charge is 2.15. The average Bonchev–Trinajstić information content (AvgIpc) is 3.20. The molecule has 4 aromatic carbocycles. The van der Waals surface area contributed by atoms with Crippen LogP contribution >= 0.6 is 0 Å². The molecule has 0 unspecified atom stereocenters. The van der Waals surface area contributed by atoms with E-state index in [9.17, 15) is 0 Å². The normalized spacial score (nSPS) is 13.0. The molecular weight excluding hydrogens is 757 g/mol. The van der Waals surface area contributed by atoms with E-state index < -0.39 is 0 Å². The molecule has 0 aliphatic rings. The number of hydrogen-bond donors (Lipinski definition) is 0. The van der Waals surface area contributed by atoms with Crippen LogP contribution in [-0.4, -0.2) is 32.8 Å². The highest BCUT2D eigenvalue weighted by molar-refractivity contribution is 6.03. The molecule has 0 bridgehead atoms. The van der Waals surface area contributed by atoms with Gasteiger partial charge in [-0.2, -0.15) is 0 Å². The highest BCUT2D eigenvalue weighted by atomic mass is 14.8. The van der Waals surface area contributed by atoms with Crippen molar-refractivity contribution in [1.29, 1.82) is 0 Å². The molecule has 6 heteroatoms. The molecule has 0 saturated carbocycles. The lowest BCUT2D eigenvalue weighted by atomic mass is 9.87. The maximum absolute atomic E-state index is 5.12. The molecule has 6 aromatic rings. The molecule has 2 heterocycles. The topological polar surface area (TPSA) is 75.2 Å². The van der Waals surface area contributed by atoms with Crippen LogP contribution in [0.3, 0.4) is 0 Å². The minimum absolute atomic E-state index is 0. The van der Waals surface area contributed by atoms with Gasteiger partial charge in [0.25, 0.3) is 0 Å². The van der Waals surface area contributed by atoms with Crippen LogP contribution in [0.15, 0.2) is 129 Å². The number of nitrogens with zero attached hydrogens (tertiary/aromatic N) is 6. The molecule has 0 spiro atoms. The fraction of sp³-hybridized carbons (Fsp3) is 0.321. The summed E-state index contributed by atoms with van der Waals surface area (Å²) >= 11 is 0. The Hall–Kier alpha value is -6.14. The SMILES string of the molecule is C.CC(=Nc1ccc(C(C)(C)C)cc1)c1cccc(C(C)=Nc2c(C)cc(Cc3cc(C)c(N=C(C)c4cccc(C(C)=Nc5ccc(C(C)(C)C)cc5)n4)c(C)c3)cc2C)n1. The quantitative estimate of drug-likeness (QED) is 0.129. The molecule has 0 aliphatic carbocycles. The minimum Gasteiger partial charge on any atom is -0.252 e. The number of pyridine rings is 2. The Kier molecular flexibility index (Phi) is 14.6. The summed E-state index contributed by atoms with van der Waals surface area (Å²) in [6, 6.07) is 38.1. The number of hydrogen-bond acceptors (Lipinski definition) is 6. The number of aromatic nitrogens is 2. The minimum atomic E-state index is 0. The fourth-order valence-corrected chi connectivity index (χ4v) is 7.58. The monoisotopic (exact) mass is 823 g/mol. The van der Waals surface area contributed by atoms with Crippen molar-refractivity contribution in [3.05, 3.63) is 176 Å². The van der Waals surface area contributed by atoms with Crippen LogP contribution < -0.4 is 0 Å². The first-order chi connectivity index (χ1) is 28.7. The van der Waals surface area contributed by atoms with Gasteiger partial charge in [0, 0.05) is 0 Å². The number of rotatable bonds is 10. The predicted octanol–water partition coefficient (Wildman–Crippen LogP) is 15.1. The van der Waals surface area contributed by atoms with Crippen molar-refractivity contribution < 1.29 is 0 Å². The summed E-state index contributed by atoms with van der Waals surface area (Å²) in [5.41, 5.74) is 20.5. The van der Waals surface area contributed by atoms with Crippen molar-refractivity contribution in [2.75, 3.05) is 0 Å². The van der Waals surface area contributed by atoms with E-state index in [0.717, 1.165) is 97.0 Å². The van der Waals surface area contributed by atoms with E-state index >= 15 is 0 Å². The third-order valence-electron chi connectivity index (χ3n) is 11.1. The molecule has 0 fully saturated rings. The van der Waals surface area contributed by atoms with Crippen molar-refractivity contribution in [3.8, 4) is 0 Å². The molecule has 0 radical (unpaired) electrons. The summed E-state index contributed by atoms with van der Waals surface area (Å²) in [7, 11) is 0. The van der Waals surface area contributed by atoms with Gasteiger partial charge in [-0.15, -0.1) is 0 Å². The van der Waals surface area contributed by atoms with E-state index in [1.54, 1.807) is 0 Å². The van der Waals surface area contributed by atoms with E-state index in [-0.39, 0.29) is 18.3 Å². The second-order valence-electron chi connectivity index (χ2n) is 18.5. The van der Waals surface area contributed by atoms with Gasteiger partial charge < -0.3 is 0 Å². The highest BCUT2D eigenvalue weighted by Crippen LogP contribution is 2.31. The zero-order chi connectivity index (χ0) is 44.2. The first-order valence-corrected chi connectivity index (χ1v) is 21.3. The van der Waals surface area contributed by atoms with Crippen molar-refractivity contribution in [1.82, 2.24) is 9.97 Å².